The molecule has 3 rings (SSSR count). The number of carbonyl (C=O) groups excluding carboxylic acids is 1. The van der Waals surface area contributed by atoms with Gasteiger partial charge in [0.05, 0.1) is 11.8 Å². The Hall–Kier alpha value is -1.95. The third kappa shape index (κ3) is 3.37. The molecule has 1 saturated heterocycles. The molecular formula is C17H20FNO4. The van der Waals surface area contributed by atoms with Crippen molar-refractivity contribution in [3.05, 3.63) is 35.6 Å². The van der Waals surface area contributed by atoms with E-state index in [1.807, 2.05) is 0 Å². The van der Waals surface area contributed by atoms with Gasteiger partial charge in [0.1, 0.15) is 5.82 Å². The van der Waals surface area contributed by atoms with Gasteiger partial charge in [-0.2, -0.15) is 0 Å². The van der Waals surface area contributed by atoms with Crippen molar-refractivity contribution in [3.63, 3.8) is 0 Å². The molecule has 0 unspecified atom stereocenters. The van der Waals surface area contributed by atoms with Gasteiger partial charge >= 0.3 is 5.97 Å². The number of rotatable bonds is 5. The van der Waals surface area contributed by atoms with Gasteiger partial charge < -0.3 is 15.2 Å². The van der Waals surface area contributed by atoms with Crippen LogP contribution in [0.2, 0.25) is 0 Å². The van der Waals surface area contributed by atoms with E-state index >= 15 is 0 Å². The molecule has 0 bridgehead atoms. The van der Waals surface area contributed by atoms with Crippen molar-refractivity contribution >= 4 is 11.9 Å². The van der Waals surface area contributed by atoms with Crippen molar-refractivity contribution in [2.75, 3.05) is 19.8 Å². The second kappa shape index (κ2) is 6.28. The van der Waals surface area contributed by atoms with E-state index in [2.05, 4.69) is 5.32 Å². The van der Waals surface area contributed by atoms with Crippen molar-refractivity contribution in [2.24, 2.45) is 11.8 Å². The SMILES string of the molecule is O=C(O)[C@H]1C[C@H]1C(=O)NCC1(c2ccc(F)cc2)CCOCC1. The van der Waals surface area contributed by atoms with Crippen LogP contribution in [0.5, 0.6) is 0 Å². The molecule has 2 N–H and O–H groups in total. The van der Waals surface area contributed by atoms with Gasteiger partial charge in [0.15, 0.2) is 0 Å². The Morgan fingerprint density at radius 2 is 1.87 bits per heavy atom. The van der Waals surface area contributed by atoms with Crippen LogP contribution in [0.25, 0.3) is 0 Å². The van der Waals surface area contributed by atoms with Crippen molar-refractivity contribution < 1.29 is 23.8 Å². The normalized spacial score (nSPS) is 25.6. The minimum atomic E-state index is -0.913. The standard InChI is InChI=1S/C17H20FNO4/c18-12-3-1-11(2-4-12)17(5-7-23-8-6-17)10-19-15(20)13-9-14(13)16(21)22/h1-4,13-14H,5-10H2,(H,19,20)(H,21,22)/t13-,14+/m1/s1. The van der Waals surface area contributed by atoms with Gasteiger partial charge in [-0.1, -0.05) is 12.1 Å². The van der Waals surface area contributed by atoms with Crippen LogP contribution in [0.3, 0.4) is 0 Å². The molecule has 124 valence electrons. The van der Waals surface area contributed by atoms with E-state index in [9.17, 15) is 14.0 Å². The number of aliphatic carboxylic acids is 1. The summed E-state index contributed by atoms with van der Waals surface area (Å²) in [5, 5.41) is 11.8. The lowest BCUT2D eigenvalue weighted by atomic mass is 9.74. The van der Waals surface area contributed by atoms with Crippen molar-refractivity contribution in [3.8, 4) is 0 Å². The molecule has 1 aliphatic carbocycles. The van der Waals surface area contributed by atoms with Gasteiger partial charge in [-0.3, -0.25) is 9.59 Å². The van der Waals surface area contributed by atoms with Gasteiger partial charge in [0, 0.05) is 25.2 Å². The highest BCUT2D eigenvalue weighted by Crippen LogP contribution is 2.39. The monoisotopic (exact) mass is 321 g/mol. The summed E-state index contributed by atoms with van der Waals surface area (Å²) in [5.74, 6) is -2.37. The van der Waals surface area contributed by atoms with Crippen molar-refractivity contribution in [2.45, 2.75) is 24.7 Å². The van der Waals surface area contributed by atoms with Crippen LogP contribution in [0.1, 0.15) is 24.8 Å². The first-order valence-corrected chi connectivity index (χ1v) is 7.86. The predicted molar refractivity (Wildman–Crippen MR) is 80.4 cm³/mol. The number of nitrogens with one attached hydrogen (secondary N) is 1. The number of amides is 1. The summed E-state index contributed by atoms with van der Waals surface area (Å²) in [6, 6.07) is 6.36. The summed E-state index contributed by atoms with van der Waals surface area (Å²) in [5.41, 5.74) is 0.697. The maximum atomic E-state index is 13.2. The molecule has 2 atom stereocenters. The molecule has 6 heteroatoms. The third-order valence-electron chi connectivity index (χ3n) is 4.95. The molecule has 0 aromatic heterocycles. The highest BCUT2D eigenvalue weighted by molar-refractivity contribution is 5.89. The minimum absolute atomic E-state index is 0.203. The molecule has 1 amide bonds. The lowest BCUT2D eigenvalue weighted by molar-refractivity contribution is -0.140. The fourth-order valence-electron chi connectivity index (χ4n) is 3.28. The summed E-state index contributed by atoms with van der Waals surface area (Å²) in [6.07, 6.45) is 1.89. The lowest BCUT2D eigenvalue weighted by Gasteiger charge is -2.38. The van der Waals surface area contributed by atoms with E-state index in [4.69, 9.17) is 9.84 Å². The fraction of sp³-hybridized carbons (Fsp3) is 0.529. The summed E-state index contributed by atoms with van der Waals surface area (Å²) >= 11 is 0. The van der Waals surface area contributed by atoms with Crippen LogP contribution < -0.4 is 5.32 Å². The average molecular weight is 321 g/mol. The van der Waals surface area contributed by atoms with Crippen molar-refractivity contribution in [1.29, 1.82) is 0 Å². The summed E-state index contributed by atoms with van der Waals surface area (Å²) < 4.78 is 18.6. The van der Waals surface area contributed by atoms with Crippen molar-refractivity contribution in [1.82, 2.24) is 5.32 Å². The van der Waals surface area contributed by atoms with E-state index in [0.29, 0.717) is 26.2 Å². The molecule has 1 saturated carbocycles. The third-order valence-corrected chi connectivity index (χ3v) is 4.95. The number of halogens is 1. The zero-order chi connectivity index (χ0) is 16.4. The number of carbonyl (C=O) groups is 2. The van der Waals surface area contributed by atoms with Gasteiger partial charge in [-0.15, -0.1) is 0 Å². The summed E-state index contributed by atoms with van der Waals surface area (Å²) in [4.78, 5) is 23.0. The number of carboxylic acids is 1. The zero-order valence-electron chi connectivity index (χ0n) is 12.8. The van der Waals surface area contributed by atoms with Crippen LogP contribution in [0.4, 0.5) is 4.39 Å². The molecule has 1 aromatic rings. The van der Waals surface area contributed by atoms with Crippen LogP contribution >= 0.6 is 0 Å². The Balaban J connectivity index is 1.69. The Morgan fingerprint density at radius 3 is 2.43 bits per heavy atom. The Bertz CT molecular complexity index is 595. The van der Waals surface area contributed by atoms with E-state index in [1.54, 1.807) is 12.1 Å². The highest BCUT2D eigenvalue weighted by atomic mass is 19.1. The molecule has 1 aliphatic heterocycles. The predicted octanol–water partition coefficient (Wildman–Crippen LogP) is 1.71. The lowest BCUT2D eigenvalue weighted by Crippen LogP contribution is -2.45. The quantitative estimate of drug-likeness (QED) is 0.866. The molecule has 23 heavy (non-hydrogen) atoms. The Kier molecular flexibility index (Phi) is 4.35. The summed E-state index contributed by atoms with van der Waals surface area (Å²) in [6.45, 7) is 1.60. The van der Waals surface area contributed by atoms with Crippen LogP contribution in [0.15, 0.2) is 24.3 Å². The topological polar surface area (TPSA) is 75.6 Å². The first-order valence-electron chi connectivity index (χ1n) is 7.86. The second-order valence-electron chi connectivity index (χ2n) is 6.40. The Labute approximate surface area is 133 Å². The Morgan fingerprint density at radius 1 is 1.22 bits per heavy atom. The smallest absolute Gasteiger partial charge is 0.307 e. The molecule has 2 aliphatic rings. The van der Waals surface area contributed by atoms with Gasteiger partial charge in [0.25, 0.3) is 0 Å². The molecule has 1 heterocycles. The van der Waals surface area contributed by atoms with Crippen LogP contribution in [0, 0.1) is 17.7 Å². The van der Waals surface area contributed by atoms with Gasteiger partial charge in [0.2, 0.25) is 5.91 Å². The summed E-state index contributed by atoms with van der Waals surface area (Å²) in [7, 11) is 0. The van der Waals surface area contributed by atoms with E-state index < -0.39 is 17.8 Å². The number of hydrogen-bond acceptors (Lipinski definition) is 3. The van der Waals surface area contributed by atoms with Crippen LogP contribution in [-0.4, -0.2) is 36.7 Å². The maximum Gasteiger partial charge on any atom is 0.307 e. The highest BCUT2D eigenvalue weighted by Gasteiger charge is 2.48. The molecule has 5 nitrogen and oxygen atoms in total. The van der Waals surface area contributed by atoms with E-state index in [-0.39, 0.29) is 17.1 Å². The van der Waals surface area contributed by atoms with E-state index in [1.165, 1.54) is 12.1 Å². The zero-order valence-corrected chi connectivity index (χ0v) is 12.8. The average Bonchev–Trinajstić information content (AvgIpc) is 3.35. The van der Waals surface area contributed by atoms with Gasteiger partial charge in [-0.25, -0.2) is 4.39 Å². The number of hydrogen-bond donors (Lipinski definition) is 2. The maximum absolute atomic E-state index is 13.2. The van der Waals surface area contributed by atoms with Crippen LogP contribution in [-0.2, 0) is 19.7 Å². The second-order valence-corrected chi connectivity index (χ2v) is 6.40. The number of carboxylic acid groups (broad SMARTS) is 1. The van der Waals surface area contributed by atoms with Gasteiger partial charge in [-0.05, 0) is 37.0 Å². The largest absolute Gasteiger partial charge is 0.481 e. The first kappa shape index (κ1) is 15.9. The minimum Gasteiger partial charge on any atom is -0.481 e. The fourth-order valence-corrected chi connectivity index (χ4v) is 3.28. The molecule has 0 radical (unpaired) electrons. The number of ether oxygens (including phenoxy) is 1. The first-order chi connectivity index (χ1) is 11.0. The molecule has 0 spiro atoms. The molecular weight excluding hydrogens is 301 g/mol. The molecule has 1 aromatic carbocycles. The number of benzene rings is 1. The molecule has 2 fully saturated rings. The van der Waals surface area contributed by atoms with E-state index in [0.717, 1.165) is 18.4 Å².